The summed E-state index contributed by atoms with van der Waals surface area (Å²) in [5.74, 6) is 0. The molecule has 2 nitrogen and oxygen atoms in total. The Labute approximate surface area is 119 Å². The van der Waals surface area contributed by atoms with Gasteiger partial charge in [0.1, 0.15) is 0 Å². The summed E-state index contributed by atoms with van der Waals surface area (Å²) in [7, 11) is 0. The molecule has 0 saturated heterocycles. The minimum atomic E-state index is 0.698. The van der Waals surface area contributed by atoms with Crippen molar-refractivity contribution >= 4 is 23.0 Å². The predicted molar refractivity (Wildman–Crippen MR) is 83.2 cm³/mol. The van der Waals surface area contributed by atoms with E-state index < -0.39 is 0 Å². The van der Waals surface area contributed by atoms with Crippen molar-refractivity contribution in [3.63, 3.8) is 0 Å². The van der Waals surface area contributed by atoms with E-state index in [2.05, 4.69) is 42.6 Å². The SMILES string of the molecule is C/C(=N/Nc1cccc(Cl)c1)c1ccc(C)c(C)c1. The summed E-state index contributed by atoms with van der Waals surface area (Å²) in [6, 6.07) is 13.9. The molecule has 0 radical (unpaired) electrons. The van der Waals surface area contributed by atoms with Crippen LogP contribution in [0.2, 0.25) is 5.02 Å². The molecule has 3 heteroatoms. The normalized spacial score (nSPS) is 11.5. The number of nitrogens with one attached hydrogen (secondary N) is 1. The van der Waals surface area contributed by atoms with Crippen molar-refractivity contribution in [3.05, 3.63) is 64.2 Å². The number of halogens is 1. The van der Waals surface area contributed by atoms with Gasteiger partial charge in [0.05, 0.1) is 11.4 Å². The van der Waals surface area contributed by atoms with E-state index in [0.717, 1.165) is 17.0 Å². The lowest BCUT2D eigenvalue weighted by Crippen LogP contribution is -2.00. The van der Waals surface area contributed by atoms with Gasteiger partial charge >= 0.3 is 0 Å². The number of nitrogens with zero attached hydrogens (tertiary/aromatic N) is 1. The molecule has 0 heterocycles. The second kappa shape index (κ2) is 5.89. The van der Waals surface area contributed by atoms with E-state index in [9.17, 15) is 0 Å². The van der Waals surface area contributed by atoms with E-state index in [-0.39, 0.29) is 0 Å². The van der Waals surface area contributed by atoms with Crippen LogP contribution in [-0.2, 0) is 0 Å². The molecule has 0 amide bonds. The van der Waals surface area contributed by atoms with Crippen molar-refractivity contribution in [1.82, 2.24) is 0 Å². The van der Waals surface area contributed by atoms with E-state index in [0.29, 0.717) is 5.02 Å². The zero-order chi connectivity index (χ0) is 13.8. The van der Waals surface area contributed by atoms with E-state index in [4.69, 9.17) is 11.6 Å². The predicted octanol–water partition coefficient (Wildman–Crippen LogP) is 4.79. The minimum absolute atomic E-state index is 0.698. The number of hydrazone groups is 1. The summed E-state index contributed by atoms with van der Waals surface area (Å²) in [6.07, 6.45) is 0. The molecule has 2 aromatic carbocycles. The van der Waals surface area contributed by atoms with Gasteiger partial charge in [0, 0.05) is 5.02 Å². The lowest BCUT2D eigenvalue weighted by molar-refractivity contribution is 1.30. The molecule has 1 N–H and O–H groups in total. The smallest absolute Gasteiger partial charge is 0.0648 e. The standard InChI is InChI=1S/C16H17ClN2/c1-11-7-8-14(9-12(11)2)13(3)18-19-16-6-4-5-15(17)10-16/h4-10,19H,1-3H3/b18-13-. The van der Waals surface area contributed by atoms with Crippen molar-refractivity contribution in [2.24, 2.45) is 5.10 Å². The second-order valence-electron chi connectivity index (χ2n) is 4.62. The Hall–Kier alpha value is -1.80. The third-order valence-electron chi connectivity index (χ3n) is 3.10. The van der Waals surface area contributed by atoms with E-state index >= 15 is 0 Å². The van der Waals surface area contributed by atoms with Crippen LogP contribution in [0.3, 0.4) is 0 Å². The Bertz CT molecular complexity index is 618. The molecule has 0 atom stereocenters. The Balaban J connectivity index is 2.16. The Morgan fingerprint density at radius 1 is 1.05 bits per heavy atom. The third-order valence-corrected chi connectivity index (χ3v) is 3.34. The van der Waals surface area contributed by atoms with Crippen LogP contribution in [-0.4, -0.2) is 5.71 Å². The van der Waals surface area contributed by atoms with Gasteiger partial charge in [-0.25, -0.2) is 0 Å². The van der Waals surface area contributed by atoms with Gasteiger partial charge < -0.3 is 0 Å². The lowest BCUT2D eigenvalue weighted by atomic mass is 10.0. The minimum Gasteiger partial charge on any atom is -0.278 e. The molecule has 2 rings (SSSR count). The van der Waals surface area contributed by atoms with Crippen molar-refractivity contribution in [2.75, 3.05) is 5.43 Å². The number of benzene rings is 2. The van der Waals surface area contributed by atoms with Crippen LogP contribution >= 0.6 is 11.6 Å². The number of rotatable bonds is 3. The van der Waals surface area contributed by atoms with Crippen LogP contribution in [0, 0.1) is 13.8 Å². The molecule has 0 spiro atoms. The highest BCUT2D eigenvalue weighted by molar-refractivity contribution is 6.30. The summed E-state index contributed by atoms with van der Waals surface area (Å²) < 4.78 is 0. The fourth-order valence-electron chi connectivity index (χ4n) is 1.74. The average Bonchev–Trinajstić information content (AvgIpc) is 2.39. The zero-order valence-electron chi connectivity index (χ0n) is 11.4. The maximum absolute atomic E-state index is 5.93. The third kappa shape index (κ3) is 3.58. The summed E-state index contributed by atoms with van der Waals surface area (Å²) in [4.78, 5) is 0. The summed E-state index contributed by atoms with van der Waals surface area (Å²) in [6.45, 7) is 6.20. The lowest BCUT2D eigenvalue weighted by Gasteiger charge is -2.06. The molecular weight excluding hydrogens is 256 g/mol. The molecule has 0 unspecified atom stereocenters. The summed E-state index contributed by atoms with van der Waals surface area (Å²) >= 11 is 5.93. The topological polar surface area (TPSA) is 24.4 Å². The summed E-state index contributed by atoms with van der Waals surface area (Å²) in [5, 5.41) is 5.08. The fraction of sp³-hybridized carbons (Fsp3) is 0.188. The quantitative estimate of drug-likeness (QED) is 0.630. The summed E-state index contributed by atoms with van der Waals surface area (Å²) in [5.41, 5.74) is 8.54. The van der Waals surface area contributed by atoms with Gasteiger partial charge in [-0.1, -0.05) is 29.8 Å². The van der Waals surface area contributed by atoms with Crippen LogP contribution in [0.15, 0.2) is 47.6 Å². The second-order valence-corrected chi connectivity index (χ2v) is 5.05. The van der Waals surface area contributed by atoms with Gasteiger partial charge in [0.2, 0.25) is 0 Å². The first-order chi connectivity index (χ1) is 9.06. The molecule has 0 bridgehead atoms. The van der Waals surface area contributed by atoms with Gasteiger partial charge in [-0.05, 0) is 61.7 Å². The molecule has 0 aliphatic rings. The van der Waals surface area contributed by atoms with Gasteiger partial charge in [0.15, 0.2) is 0 Å². The Kier molecular flexibility index (Phi) is 4.23. The van der Waals surface area contributed by atoms with Crippen molar-refractivity contribution < 1.29 is 0 Å². The van der Waals surface area contributed by atoms with Crippen LogP contribution in [0.4, 0.5) is 5.69 Å². The van der Waals surface area contributed by atoms with Crippen LogP contribution in [0.25, 0.3) is 0 Å². The van der Waals surface area contributed by atoms with Crippen molar-refractivity contribution in [1.29, 1.82) is 0 Å². The Morgan fingerprint density at radius 3 is 2.53 bits per heavy atom. The Morgan fingerprint density at radius 2 is 1.84 bits per heavy atom. The molecular formula is C16H17ClN2. The highest BCUT2D eigenvalue weighted by Gasteiger charge is 2.00. The molecule has 0 aromatic heterocycles. The zero-order valence-corrected chi connectivity index (χ0v) is 12.1. The van der Waals surface area contributed by atoms with Crippen LogP contribution < -0.4 is 5.43 Å². The van der Waals surface area contributed by atoms with Gasteiger partial charge in [-0.3, -0.25) is 5.43 Å². The first kappa shape index (κ1) is 13.6. The maximum Gasteiger partial charge on any atom is 0.0648 e. The van der Waals surface area contributed by atoms with E-state index in [1.54, 1.807) is 0 Å². The molecule has 0 saturated carbocycles. The number of aryl methyl sites for hydroxylation is 2. The van der Waals surface area contributed by atoms with E-state index in [1.165, 1.54) is 11.1 Å². The molecule has 0 fully saturated rings. The maximum atomic E-state index is 5.93. The van der Waals surface area contributed by atoms with E-state index in [1.807, 2.05) is 31.2 Å². The van der Waals surface area contributed by atoms with Gasteiger partial charge in [-0.15, -0.1) is 0 Å². The first-order valence-corrected chi connectivity index (χ1v) is 6.57. The highest BCUT2D eigenvalue weighted by atomic mass is 35.5. The van der Waals surface area contributed by atoms with Gasteiger partial charge in [-0.2, -0.15) is 5.10 Å². The van der Waals surface area contributed by atoms with Crippen molar-refractivity contribution in [2.45, 2.75) is 20.8 Å². The fourth-order valence-corrected chi connectivity index (χ4v) is 1.93. The number of hydrogen-bond acceptors (Lipinski definition) is 2. The van der Waals surface area contributed by atoms with Gasteiger partial charge in [0.25, 0.3) is 0 Å². The van der Waals surface area contributed by atoms with Crippen molar-refractivity contribution in [3.8, 4) is 0 Å². The number of hydrogen-bond donors (Lipinski definition) is 1. The number of anilines is 1. The molecule has 19 heavy (non-hydrogen) atoms. The molecule has 2 aromatic rings. The molecule has 0 aliphatic heterocycles. The molecule has 0 aliphatic carbocycles. The van der Waals surface area contributed by atoms with Crippen LogP contribution in [0.1, 0.15) is 23.6 Å². The monoisotopic (exact) mass is 272 g/mol. The largest absolute Gasteiger partial charge is 0.278 e. The average molecular weight is 273 g/mol. The molecule has 98 valence electrons. The highest BCUT2D eigenvalue weighted by Crippen LogP contribution is 2.15. The van der Waals surface area contributed by atoms with Crippen LogP contribution in [0.5, 0.6) is 0 Å². The first-order valence-electron chi connectivity index (χ1n) is 6.20.